The molecule has 0 radical (unpaired) electrons. The Hall–Kier alpha value is -2.08. The van der Waals surface area contributed by atoms with Crippen LogP contribution in [0, 0.1) is 6.92 Å². The van der Waals surface area contributed by atoms with Crippen molar-refractivity contribution in [2.24, 2.45) is 0 Å². The molecule has 2 N–H and O–H groups in total. The van der Waals surface area contributed by atoms with Gasteiger partial charge >= 0.3 is 0 Å². The Balaban J connectivity index is 1.72. The van der Waals surface area contributed by atoms with Crippen LogP contribution in [-0.2, 0) is 4.79 Å². The molecule has 0 spiro atoms. The van der Waals surface area contributed by atoms with Gasteiger partial charge in [-0.05, 0) is 30.7 Å². The standard InChI is InChI=1S/C18H15Cl2N3OS/c1-11-4-2-3-5-14(11)22-18-23-15(10-25-18)12-6-8-13(9-7-12)21-17(24)16(19)20/h2-10,16H,1H3,(H,21,24)(H,22,23). The number of alkyl halides is 2. The first kappa shape index (κ1) is 17.7. The van der Waals surface area contributed by atoms with Crippen LogP contribution >= 0.6 is 34.5 Å². The smallest absolute Gasteiger partial charge is 0.257 e. The minimum Gasteiger partial charge on any atom is -0.331 e. The van der Waals surface area contributed by atoms with Crippen molar-refractivity contribution in [1.29, 1.82) is 0 Å². The van der Waals surface area contributed by atoms with Crippen LogP contribution in [0.25, 0.3) is 11.3 Å². The number of rotatable bonds is 5. The van der Waals surface area contributed by atoms with Gasteiger partial charge in [0.25, 0.3) is 5.91 Å². The van der Waals surface area contributed by atoms with Crippen LogP contribution in [0.15, 0.2) is 53.9 Å². The number of nitrogens with one attached hydrogen (secondary N) is 2. The molecule has 0 saturated heterocycles. The summed E-state index contributed by atoms with van der Waals surface area (Å²) in [5.74, 6) is -0.450. The average molecular weight is 392 g/mol. The summed E-state index contributed by atoms with van der Waals surface area (Å²) in [6.07, 6.45) is 0. The monoisotopic (exact) mass is 391 g/mol. The number of aromatic nitrogens is 1. The molecule has 2 aromatic carbocycles. The van der Waals surface area contributed by atoms with Crippen LogP contribution in [0.1, 0.15) is 5.56 Å². The van der Waals surface area contributed by atoms with Crippen molar-refractivity contribution >= 4 is 57.0 Å². The van der Waals surface area contributed by atoms with Crippen LogP contribution < -0.4 is 10.6 Å². The van der Waals surface area contributed by atoms with Gasteiger partial charge in [0.15, 0.2) is 9.97 Å². The molecular formula is C18H15Cl2N3OS. The normalized spacial score (nSPS) is 10.7. The third-order valence-corrected chi connectivity index (χ3v) is 4.69. The van der Waals surface area contributed by atoms with Gasteiger partial charge < -0.3 is 10.6 Å². The van der Waals surface area contributed by atoms with Crippen molar-refractivity contribution < 1.29 is 4.79 Å². The number of thiazole rings is 1. The number of amides is 1. The SMILES string of the molecule is Cc1ccccc1Nc1nc(-c2ccc(NC(=O)C(Cl)Cl)cc2)cs1. The van der Waals surface area contributed by atoms with Gasteiger partial charge in [0.05, 0.1) is 5.69 Å². The lowest BCUT2D eigenvalue weighted by molar-refractivity contribution is -0.114. The Morgan fingerprint density at radius 3 is 2.52 bits per heavy atom. The zero-order chi connectivity index (χ0) is 17.8. The molecule has 0 fully saturated rings. The van der Waals surface area contributed by atoms with Crippen LogP contribution in [0.4, 0.5) is 16.5 Å². The fourth-order valence-electron chi connectivity index (χ4n) is 2.21. The summed E-state index contributed by atoms with van der Waals surface area (Å²) in [5.41, 5.74) is 4.66. The second-order valence-corrected chi connectivity index (χ2v) is 7.30. The molecule has 3 rings (SSSR count). The Morgan fingerprint density at radius 2 is 1.84 bits per heavy atom. The highest BCUT2D eigenvalue weighted by atomic mass is 35.5. The zero-order valence-corrected chi connectivity index (χ0v) is 15.6. The molecule has 25 heavy (non-hydrogen) atoms. The van der Waals surface area contributed by atoms with Crippen LogP contribution in [0.3, 0.4) is 0 Å². The van der Waals surface area contributed by atoms with E-state index in [9.17, 15) is 4.79 Å². The predicted molar refractivity (Wildman–Crippen MR) is 106 cm³/mol. The summed E-state index contributed by atoms with van der Waals surface area (Å²) < 4.78 is 0. The van der Waals surface area contributed by atoms with Gasteiger partial charge in [0.1, 0.15) is 0 Å². The van der Waals surface area contributed by atoms with Crippen molar-refractivity contribution in [1.82, 2.24) is 4.98 Å². The number of benzene rings is 2. The Morgan fingerprint density at radius 1 is 1.12 bits per heavy atom. The van der Waals surface area contributed by atoms with E-state index in [0.717, 1.165) is 27.6 Å². The lowest BCUT2D eigenvalue weighted by atomic mass is 10.1. The summed E-state index contributed by atoms with van der Waals surface area (Å²) in [6, 6.07) is 15.4. The molecule has 3 aromatic rings. The van der Waals surface area contributed by atoms with Gasteiger partial charge in [-0.15, -0.1) is 11.3 Å². The maximum atomic E-state index is 11.5. The van der Waals surface area contributed by atoms with E-state index in [4.69, 9.17) is 23.2 Å². The number of anilines is 3. The first-order valence-electron chi connectivity index (χ1n) is 7.50. The van der Waals surface area contributed by atoms with Crippen molar-refractivity contribution in [3.05, 3.63) is 59.5 Å². The molecule has 0 unspecified atom stereocenters. The second-order valence-electron chi connectivity index (χ2n) is 5.35. The molecule has 7 heteroatoms. The van der Waals surface area contributed by atoms with Gasteiger partial charge in [-0.2, -0.15) is 0 Å². The highest BCUT2D eigenvalue weighted by molar-refractivity contribution is 7.14. The number of hydrogen-bond acceptors (Lipinski definition) is 4. The summed E-state index contributed by atoms with van der Waals surface area (Å²) >= 11 is 12.6. The topological polar surface area (TPSA) is 54.0 Å². The predicted octanol–water partition coefficient (Wildman–Crippen LogP) is 5.60. The minimum absolute atomic E-state index is 0.450. The Kier molecular flexibility index (Phi) is 5.58. The Labute approximate surface area is 159 Å². The quantitative estimate of drug-likeness (QED) is 0.556. The van der Waals surface area contributed by atoms with E-state index in [0.29, 0.717) is 5.69 Å². The fourth-order valence-corrected chi connectivity index (χ4v) is 3.05. The number of halogens is 2. The van der Waals surface area contributed by atoms with E-state index in [-0.39, 0.29) is 0 Å². The molecule has 0 saturated carbocycles. The lowest BCUT2D eigenvalue weighted by Gasteiger charge is -2.06. The maximum Gasteiger partial charge on any atom is 0.257 e. The third-order valence-electron chi connectivity index (χ3n) is 3.54. The van der Waals surface area contributed by atoms with Crippen molar-refractivity contribution in [2.45, 2.75) is 11.8 Å². The number of nitrogens with zero attached hydrogens (tertiary/aromatic N) is 1. The number of carbonyl (C=O) groups is 1. The molecule has 1 amide bonds. The molecule has 0 bridgehead atoms. The molecule has 0 aliphatic carbocycles. The first-order chi connectivity index (χ1) is 12.0. The molecule has 128 valence electrons. The molecule has 0 aliphatic rings. The summed E-state index contributed by atoms with van der Waals surface area (Å²) in [5, 5.41) is 8.78. The van der Waals surface area contributed by atoms with Crippen molar-refractivity contribution in [3.63, 3.8) is 0 Å². The highest BCUT2D eigenvalue weighted by Crippen LogP contribution is 2.29. The highest BCUT2D eigenvalue weighted by Gasteiger charge is 2.11. The number of carbonyl (C=O) groups excluding carboxylic acids is 1. The number of aryl methyl sites for hydroxylation is 1. The van der Waals surface area contributed by atoms with Gasteiger partial charge in [-0.25, -0.2) is 4.98 Å². The van der Waals surface area contributed by atoms with E-state index >= 15 is 0 Å². The second kappa shape index (κ2) is 7.87. The van der Waals surface area contributed by atoms with E-state index in [2.05, 4.69) is 28.6 Å². The average Bonchev–Trinajstić information content (AvgIpc) is 3.06. The van der Waals surface area contributed by atoms with Gasteiger partial charge in [-0.3, -0.25) is 4.79 Å². The van der Waals surface area contributed by atoms with E-state index < -0.39 is 10.7 Å². The first-order valence-corrected chi connectivity index (χ1v) is 9.26. The van der Waals surface area contributed by atoms with Gasteiger partial charge in [0, 0.05) is 22.3 Å². The van der Waals surface area contributed by atoms with Gasteiger partial charge in [0.2, 0.25) is 0 Å². The van der Waals surface area contributed by atoms with Gasteiger partial charge in [-0.1, -0.05) is 53.5 Å². The zero-order valence-electron chi connectivity index (χ0n) is 13.3. The van der Waals surface area contributed by atoms with Crippen LogP contribution in [0.2, 0.25) is 0 Å². The van der Waals surface area contributed by atoms with E-state index in [1.165, 1.54) is 11.3 Å². The summed E-state index contributed by atoms with van der Waals surface area (Å²) in [7, 11) is 0. The summed E-state index contributed by atoms with van der Waals surface area (Å²) in [4.78, 5) is 15.0. The number of para-hydroxylation sites is 1. The minimum atomic E-state index is -1.09. The lowest BCUT2D eigenvalue weighted by Crippen LogP contribution is -2.18. The largest absolute Gasteiger partial charge is 0.331 e. The van der Waals surface area contributed by atoms with E-state index in [1.807, 2.05) is 35.7 Å². The van der Waals surface area contributed by atoms with Crippen LogP contribution in [-0.4, -0.2) is 15.7 Å². The Bertz CT molecular complexity index is 878. The molecule has 0 atom stereocenters. The van der Waals surface area contributed by atoms with E-state index in [1.54, 1.807) is 12.1 Å². The summed E-state index contributed by atoms with van der Waals surface area (Å²) in [6.45, 7) is 2.05. The van der Waals surface area contributed by atoms with Crippen molar-refractivity contribution in [2.75, 3.05) is 10.6 Å². The molecule has 0 aliphatic heterocycles. The maximum absolute atomic E-state index is 11.5. The molecule has 1 aromatic heterocycles. The van der Waals surface area contributed by atoms with Crippen molar-refractivity contribution in [3.8, 4) is 11.3 Å². The molecule has 4 nitrogen and oxygen atoms in total. The fraction of sp³-hybridized carbons (Fsp3) is 0.111. The molecule has 1 heterocycles. The molecular weight excluding hydrogens is 377 g/mol. The van der Waals surface area contributed by atoms with Crippen LogP contribution in [0.5, 0.6) is 0 Å². The third kappa shape index (κ3) is 4.51. The number of hydrogen-bond donors (Lipinski definition) is 2.